The van der Waals surface area contributed by atoms with Crippen LogP contribution in [0.1, 0.15) is 0 Å². The van der Waals surface area contributed by atoms with E-state index in [0.29, 0.717) is 0 Å². The minimum atomic E-state index is -2.52. The molecule has 0 aromatic heterocycles. The van der Waals surface area contributed by atoms with Crippen LogP contribution in [0.5, 0.6) is 0 Å². The summed E-state index contributed by atoms with van der Waals surface area (Å²) in [5, 5.41) is 48.0. The number of rotatable bonds is 3. The number of hydrogen-bond donors (Lipinski definition) is 6. The fourth-order valence-electron chi connectivity index (χ4n) is 1.36. The summed E-state index contributed by atoms with van der Waals surface area (Å²) in [5.74, 6) is -2.52. The molecule has 0 unspecified atom stereocenters. The number of ether oxygens (including phenoxy) is 1. The molecule has 1 aliphatic rings. The van der Waals surface area contributed by atoms with Gasteiger partial charge in [0.25, 0.3) is 5.91 Å². The van der Waals surface area contributed by atoms with E-state index in [-0.39, 0.29) is 6.41 Å². The third kappa shape index (κ3) is 2.09. The van der Waals surface area contributed by atoms with Gasteiger partial charge in [-0.3, -0.25) is 4.79 Å². The van der Waals surface area contributed by atoms with Crippen molar-refractivity contribution in [2.24, 2.45) is 0 Å². The van der Waals surface area contributed by atoms with Crippen LogP contribution in [0.4, 0.5) is 0 Å². The molecule has 0 bridgehead atoms. The van der Waals surface area contributed by atoms with Crippen molar-refractivity contribution in [2.45, 2.75) is 30.3 Å². The topological polar surface area (TPSA) is 139 Å². The average molecular weight is 223 g/mol. The largest absolute Gasteiger partial charge is 0.394 e. The van der Waals surface area contributed by atoms with Gasteiger partial charge in [-0.25, -0.2) is 0 Å². The lowest BCUT2D eigenvalue weighted by Gasteiger charge is -2.44. The molecule has 0 aliphatic carbocycles. The molecule has 15 heavy (non-hydrogen) atoms. The van der Waals surface area contributed by atoms with Gasteiger partial charge in [0, 0.05) is 0 Å². The second-order valence-corrected chi connectivity index (χ2v) is 3.22. The fourth-order valence-corrected chi connectivity index (χ4v) is 1.36. The van der Waals surface area contributed by atoms with Gasteiger partial charge < -0.3 is 35.6 Å². The molecule has 1 fully saturated rings. The summed E-state index contributed by atoms with van der Waals surface area (Å²) in [6, 6.07) is 0. The molecule has 0 spiro atoms. The lowest BCUT2D eigenvalue weighted by Crippen LogP contribution is -2.70. The summed E-state index contributed by atoms with van der Waals surface area (Å²) in [6.07, 6.45) is -6.46. The minimum absolute atomic E-state index is 0.0576. The lowest BCUT2D eigenvalue weighted by atomic mass is 9.97. The minimum Gasteiger partial charge on any atom is -0.394 e. The van der Waals surface area contributed by atoms with Crippen LogP contribution in [0.2, 0.25) is 0 Å². The summed E-state index contributed by atoms with van der Waals surface area (Å²) < 4.78 is 4.66. The van der Waals surface area contributed by atoms with Crippen LogP contribution in [0, 0.1) is 0 Å². The average Bonchev–Trinajstić information content (AvgIpc) is 2.21. The van der Waals surface area contributed by atoms with E-state index in [1.54, 1.807) is 5.32 Å². The first-order chi connectivity index (χ1) is 6.96. The monoisotopic (exact) mass is 223 g/mol. The normalized spacial score (nSPS) is 46.2. The van der Waals surface area contributed by atoms with Crippen molar-refractivity contribution in [3.63, 3.8) is 0 Å². The van der Waals surface area contributed by atoms with Gasteiger partial charge in [0.05, 0.1) is 6.61 Å². The molecule has 8 nitrogen and oxygen atoms in total. The molecular weight excluding hydrogens is 210 g/mol. The number of carbonyl (C=O) groups is 1. The zero-order valence-electron chi connectivity index (χ0n) is 7.65. The van der Waals surface area contributed by atoms with Crippen molar-refractivity contribution in [3.8, 4) is 0 Å². The first-order valence-corrected chi connectivity index (χ1v) is 4.23. The van der Waals surface area contributed by atoms with E-state index in [9.17, 15) is 25.2 Å². The Morgan fingerprint density at radius 3 is 2.40 bits per heavy atom. The molecule has 1 saturated heterocycles. The van der Waals surface area contributed by atoms with E-state index in [2.05, 4.69) is 4.74 Å². The van der Waals surface area contributed by atoms with E-state index in [1.165, 1.54) is 0 Å². The predicted molar refractivity (Wildman–Crippen MR) is 44.1 cm³/mol. The smallest absolute Gasteiger partial charge is 0.279 e. The molecular formula is C7H13NO7. The highest BCUT2D eigenvalue weighted by Gasteiger charge is 2.52. The van der Waals surface area contributed by atoms with Gasteiger partial charge in [-0.2, -0.15) is 0 Å². The highest BCUT2D eigenvalue weighted by molar-refractivity contribution is 5.47. The molecule has 8 heteroatoms. The lowest BCUT2D eigenvalue weighted by molar-refractivity contribution is -0.357. The number of hydrogen-bond acceptors (Lipinski definition) is 7. The second-order valence-electron chi connectivity index (χ2n) is 3.22. The predicted octanol–water partition coefficient (Wildman–Crippen LogP) is -4.15. The van der Waals surface area contributed by atoms with Gasteiger partial charge in [-0.15, -0.1) is 0 Å². The fraction of sp³-hybridized carbons (Fsp3) is 0.857. The van der Waals surface area contributed by atoms with E-state index >= 15 is 0 Å². The van der Waals surface area contributed by atoms with Crippen LogP contribution in [0.15, 0.2) is 0 Å². The van der Waals surface area contributed by atoms with Gasteiger partial charge in [-0.05, 0) is 0 Å². The number of nitrogens with one attached hydrogen (secondary N) is 1. The summed E-state index contributed by atoms with van der Waals surface area (Å²) >= 11 is 0. The first kappa shape index (κ1) is 12.3. The van der Waals surface area contributed by atoms with Crippen molar-refractivity contribution < 1.29 is 35.1 Å². The maximum atomic E-state index is 10.1. The molecule has 1 heterocycles. The van der Waals surface area contributed by atoms with E-state index in [4.69, 9.17) is 5.11 Å². The third-order valence-electron chi connectivity index (χ3n) is 2.23. The third-order valence-corrected chi connectivity index (χ3v) is 2.23. The number of aliphatic hydroxyl groups is 5. The van der Waals surface area contributed by atoms with Crippen molar-refractivity contribution in [1.29, 1.82) is 0 Å². The Morgan fingerprint density at radius 2 is 1.93 bits per heavy atom. The van der Waals surface area contributed by atoms with Gasteiger partial charge in [0.15, 0.2) is 6.10 Å². The van der Waals surface area contributed by atoms with Gasteiger partial charge in [-0.1, -0.05) is 0 Å². The SMILES string of the molecule is O=CN[C@@]1(O)O[C@H](CO)[C@@H](O)[C@H](O)[C@H]1O. The molecule has 1 rings (SSSR count). The Morgan fingerprint density at radius 1 is 1.33 bits per heavy atom. The molecule has 6 N–H and O–H groups in total. The molecule has 0 saturated carbocycles. The highest BCUT2D eigenvalue weighted by atomic mass is 16.7. The Balaban J connectivity index is 2.86. The van der Waals surface area contributed by atoms with Crippen molar-refractivity contribution >= 4 is 6.41 Å². The van der Waals surface area contributed by atoms with Gasteiger partial charge >= 0.3 is 0 Å². The summed E-state index contributed by atoms with van der Waals surface area (Å²) in [7, 11) is 0. The number of aliphatic hydroxyl groups excluding tert-OH is 4. The Hall–Kier alpha value is -0.770. The summed E-state index contributed by atoms with van der Waals surface area (Å²) in [6.45, 7) is -0.687. The maximum Gasteiger partial charge on any atom is 0.279 e. The maximum absolute atomic E-state index is 10.1. The van der Waals surface area contributed by atoms with Crippen LogP contribution < -0.4 is 5.32 Å². The summed E-state index contributed by atoms with van der Waals surface area (Å²) in [4.78, 5) is 10.1. The van der Waals surface area contributed by atoms with E-state index < -0.39 is 36.9 Å². The van der Waals surface area contributed by atoms with Crippen LogP contribution in [-0.4, -0.2) is 68.9 Å². The zero-order valence-corrected chi connectivity index (χ0v) is 7.65. The molecule has 5 atom stereocenters. The Bertz CT molecular complexity index is 235. The molecule has 88 valence electrons. The molecule has 1 amide bonds. The van der Waals surface area contributed by atoms with E-state index in [1.807, 2.05) is 0 Å². The quantitative estimate of drug-likeness (QED) is 0.211. The van der Waals surface area contributed by atoms with Crippen LogP contribution in [0.25, 0.3) is 0 Å². The van der Waals surface area contributed by atoms with Crippen molar-refractivity contribution in [1.82, 2.24) is 5.32 Å². The Kier molecular flexibility index (Phi) is 3.60. The molecule has 0 aromatic rings. The van der Waals surface area contributed by atoms with Crippen LogP contribution in [-0.2, 0) is 9.53 Å². The number of amides is 1. The van der Waals surface area contributed by atoms with Gasteiger partial charge in [0.1, 0.15) is 18.3 Å². The van der Waals surface area contributed by atoms with Crippen molar-refractivity contribution in [2.75, 3.05) is 6.61 Å². The molecule has 0 aromatic carbocycles. The number of carbonyl (C=O) groups excluding carboxylic acids is 1. The molecule has 0 radical (unpaired) electrons. The second kappa shape index (κ2) is 4.39. The van der Waals surface area contributed by atoms with Gasteiger partial charge in [0.2, 0.25) is 6.41 Å². The highest BCUT2D eigenvalue weighted by Crippen LogP contribution is 2.25. The van der Waals surface area contributed by atoms with E-state index in [0.717, 1.165) is 0 Å². The standard InChI is InChI=1S/C7H13NO7/c9-1-3-4(11)5(12)6(13)7(14,15-3)8-2-10/h2-6,9,11-14H,1H2,(H,8,10)/t3-,4-,5+,6-,7+/m1/s1. The van der Waals surface area contributed by atoms with Crippen LogP contribution in [0.3, 0.4) is 0 Å². The molecule has 1 aliphatic heterocycles. The zero-order chi connectivity index (χ0) is 11.6. The van der Waals surface area contributed by atoms with Crippen LogP contribution >= 0.6 is 0 Å². The summed E-state index contributed by atoms with van der Waals surface area (Å²) in [5.41, 5.74) is 0. The first-order valence-electron chi connectivity index (χ1n) is 4.23. The Labute approximate surface area is 84.7 Å². The van der Waals surface area contributed by atoms with Crippen molar-refractivity contribution in [3.05, 3.63) is 0 Å².